The topological polar surface area (TPSA) is 79.5 Å². The number of anilines is 1. The monoisotopic (exact) mass is 387 g/mol. The predicted octanol–water partition coefficient (Wildman–Crippen LogP) is 2.17. The average molecular weight is 387 g/mol. The quantitative estimate of drug-likeness (QED) is 0.872. The maximum absolute atomic E-state index is 13.7. The molecule has 0 bridgehead atoms. The van der Waals surface area contributed by atoms with Gasteiger partial charge < -0.3 is 15.5 Å². The third-order valence-electron chi connectivity index (χ3n) is 5.49. The molecule has 1 saturated carbocycles. The van der Waals surface area contributed by atoms with Crippen molar-refractivity contribution >= 4 is 28.3 Å². The van der Waals surface area contributed by atoms with E-state index in [-0.39, 0.29) is 41.8 Å². The van der Waals surface area contributed by atoms with E-state index in [0.717, 1.165) is 0 Å². The van der Waals surface area contributed by atoms with Crippen molar-refractivity contribution in [3.8, 4) is 10.4 Å². The van der Waals surface area contributed by atoms with E-state index in [4.69, 9.17) is 5.73 Å². The Hall–Kier alpha value is -2.48. The van der Waals surface area contributed by atoms with Crippen LogP contribution in [0.2, 0.25) is 0 Å². The van der Waals surface area contributed by atoms with Crippen LogP contribution in [0.5, 0.6) is 0 Å². The summed E-state index contributed by atoms with van der Waals surface area (Å²) in [6.07, 6.45) is 0.678. The first-order valence-electron chi connectivity index (χ1n) is 8.62. The Morgan fingerprint density at radius 3 is 2.78 bits per heavy atom. The van der Waals surface area contributed by atoms with E-state index in [0.29, 0.717) is 22.0 Å². The number of nitrogens with two attached hydrogens (primary N) is 1. The zero-order valence-corrected chi connectivity index (χ0v) is 15.9. The summed E-state index contributed by atoms with van der Waals surface area (Å²) in [7, 11) is 3.67. The van der Waals surface area contributed by atoms with Gasteiger partial charge in [0.1, 0.15) is 11.5 Å². The lowest BCUT2D eigenvalue weighted by atomic mass is 10.1. The average Bonchev–Trinajstić information content (AvgIpc) is 3.05. The zero-order chi connectivity index (χ0) is 19.5. The fourth-order valence-electron chi connectivity index (χ4n) is 3.85. The summed E-state index contributed by atoms with van der Waals surface area (Å²) in [6.45, 7) is 4.34. The number of likely N-dealkylation sites (tertiary alicyclic amines) is 1. The Bertz CT molecular complexity index is 944. The lowest BCUT2D eigenvalue weighted by molar-refractivity contribution is -0.123. The second-order valence-corrected chi connectivity index (χ2v) is 8.39. The Kier molecular flexibility index (Phi) is 3.99. The number of halogens is 1. The molecule has 8 heteroatoms. The van der Waals surface area contributed by atoms with Gasteiger partial charge >= 0.3 is 0 Å². The maximum Gasteiger partial charge on any atom is 0.274 e. The molecule has 2 fully saturated rings. The van der Waals surface area contributed by atoms with Gasteiger partial charge in [0, 0.05) is 26.7 Å². The van der Waals surface area contributed by atoms with Crippen molar-refractivity contribution < 1.29 is 14.0 Å². The maximum atomic E-state index is 13.7. The third kappa shape index (κ3) is 2.70. The molecule has 141 valence electrons. The molecule has 1 aliphatic heterocycles. The highest BCUT2D eigenvalue weighted by Crippen LogP contribution is 2.60. The first kappa shape index (κ1) is 17.9. The van der Waals surface area contributed by atoms with E-state index in [1.165, 1.54) is 23.5 Å². The minimum atomic E-state index is -0.651. The zero-order valence-electron chi connectivity index (χ0n) is 15.1. The van der Waals surface area contributed by atoms with Gasteiger partial charge in [0.05, 0.1) is 10.3 Å². The number of piperidine rings is 1. The molecule has 0 spiro atoms. The van der Waals surface area contributed by atoms with Crippen molar-refractivity contribution in [2.75, 3.05) is 25.5 Å². The first-order chi connectivity index (χ1) is 12.7. The number of rotatable bonds is 4. The van der Waals surface area contributed by atoms with Crippen LogP contribution in [0.25, 0.3) is 10.4 Å². The van der Waals surface area contributed by atoms with Crippen LogP contribution in [0.15, 0.2) is 24.3 Å². The number of amides is 2. The van der Waals surface area contributed by atoms with Gasteiger partial charge in [-0.25, -0.2) is 9.37 Å². The molecule has 4 rings (SSSR count). The molecule has 27 heavy (non-hydrogen) atoms. The highest BCUT2D eigenvalue weighted by molar-refractivity contribution is 7.19. The molecule has 0 unspecified atom stereocenters. The van der Waals surface area contributed by atoms with Gasteiger partial charge in [0.15, 0.2) is 5.13 Å². The number of primary amides is 1. The molecule has 6 nitrogen and oxygen atoms in total. The van der Waals surface area contributed by atoms with Crippen molar-refractivity contribution in [3.63, 3.8) is 0 Å². The van der Waals surface area contributed by atoms with Gasteiger partial charge in [-0.3, -0.25) is 9.59 Å². The molecule has 3 atom stereocenters. The fraction of sp³-hybridized carbons (Fsp3) is 0.368. The van der Waals surface area contributed by atoms with Crippen molar-refractivity contribution in [2.45, 2.75) is 12.5 Å². The minimum Gasteiger partial charge on any atom is -0.369 e. The van der Waals surface area contributed by atoms with Crippen LogP contribution in [0.4, 0.5) is 9.52 Å². The summed E-state index contributed by atoms with van der Waals surface area (Å²) in [4.78, 5) is 33.6. The number of fused-ring (bicyclic) bond motifs is 1. The van der Waals surface area contributed by atoms with E-state index < -0.39 is 5.41 Å². The smallest absolute Gasteiger partial charge is 0.274 e. The lowest BCUT2D eigenvalue weighted by Gasteiger charge is -2.24. The van der Waals surface area contributed by atoms with E-state index in [1.807, 2.05) is 14.1 Å². The molecular formula is C19H20FN4O2S. The van der Waals surface area contributed by atoms with Gasteiger partial charge in [-0.2, -0.15) is 0 Å². The number of thiazole rings is 1. The summed E-state index contributed by atoms with van der Waals surface area (Å²) in [6, 6.07) is 5.77. The number of benzene rings is 1. The molecule has 2 amide bonds. The minimum absolute atomic E-state index is 0.00326. The van der Waals surface area contributed by atoms with Crippen LogP contribution in [-0.4, -0.2) is 48.4 Å². The van der Waals surface area contributed by atoms with Gasteiger partial charge in [0.2, 0.25) is 5.91 Å². The highest BCUT2D eigenvalue weighted by atomic mass is 32.1. The summed E-state index contributed by atoms with van der Waals surface area (Å²) >= 11 is 1.32. The summed E-state index contributed by atoms with van der Waals surface area (Å²) < 4.78 is 13.7. The lowest BCUT2D eigenvalue weighted by Crippen LogP contribution is -2.39. The van der Waals surface area contributed by atoms with Gasteiger partial charge in [0.25, 0.3) is 5.91 Å². The first-order valence-corrected chi connectivity index (χ1v) is 9.44. The van der Waals surface area contributed by atoms with Crippen LogP contribution >= 0.6 is 11.3 Å². The number of hydrogen-bond donors (Lipinski definition) is 1. The van der Waals surface area contributed by atoms with Crippen molar-refractivity contribution in [2.24, 2.45) is 17.1 Å². The summed E-state index contributed by atoms with van der Waals surface area (Å²) in [5.74, 6) is -1.06. The molecule has 2 heterocycles. The molecule has 2 aliphatic rings. The van der Waals surface area contributed by atoms with Crippen molar-refractivity contribution in [1.82, 2.24) is 9.88 Å². The highest BCUT2D eigenvalue weighted by Gasteiger charge is 2.68. The van der Waals surface area contributed by atoms with E-state index in [1.54, 1.807) is 21.9 Å². The van der Waals surface area contributed by atoms with Gasteiger partial charge in [-0.1, -0.05) is 23.5 Å². The second-order valence-electron chi connectivity index (χ2n) is 7.41. The Labute approximate surface area is 160 Å². The molecule has 1 aromatic carbocycles. The number of aromatic nitrogens is 1. The van der Waals surface area contributed by atoms with E-state index in [2.05, 4.69) is 11.9 Å². The third-order valence-corrected chi connectivity index (χ3v) is 6.76. The number of carbonyl (C=O) groups excluding carboxylic acids is 2. The molecule has 1 aliphatic carbocycles. The molecule has 2 N–H and O–H groups in total. The van der Waals surface area contributed by atoms with Crippen molar-refractivity contribution in [1.29, 1.82) is 0 Å². The van der Waals surface area contributed by atoms with Crippen LogP contribution in [0.3, 0.4) is 0 Å². The summed E-state index contributed by atoms with van der Waals surface area (Å²) in [5.41, 5.74) is 5.75. The fourth-order valence-corrected chi connectivity index (χ4v) is 4.82. The largest absolute Gasteiger partial charge is 0.369 e. The molecule has 2 aromatic rings. The van der Waals surface area contributed by atoms with E-state index >= 15 is 0 Å². The molecule has 1 aromatic heterocycles. The Morgan fingerprint density at radius 2 is 2.19 bits per heavy atom. The predicted molar refractivity (Wildman–Crippen MR) is 102 cm³/mol. The molecular weight excluding hydrogens is 367 g/mol. The number of nitrogens with zero attached hydrogens (tertiary/aromatic N) is 3. The number of carbonyl (C=O) groups is 2. The van der Waals surface area contributed by atoms with Gasteiger partial charge in [-0.15, -0.1) is 0 Å². The van der Waals surface area contributed by atoms with Gasteiger partial charge in [-0.05, 0) is 37.0 Å². The second kappa shape index (κ2) is 6.02. The standard InChI is InChI=1S/C19H20FN4O2S/c1-10-13-8-19(13,17(21)26)9-24(10)16(25)14-15(27-18(22-14)23(2)3)11-5-4-6-12(20)7-11/h4-7,10,13H,1,8-9H2,2-3H3,(H2,21,26)/t10-,13+,19-/m0/s1. The molecule has 1 radical (unpaired) electrons. The van der Waals surface area contributed by atoms with E-state index in [9.17, 15) is 14.0 Å². The molecule has 1 saturated heterocycles. The SMILES string of the molecule is [CH2][C@H]1[C@H]2C[C@]2(C(N)=O)CN1C(=O)c1nc(N(C)C)sc1-c1cccc(F)c1. The Morgan fingerprint density at radius 1 is 1.44 bits per heavy atom. The van der Waals surface area contributed by atoms with Crippen LogP contribution in [0.1, 0.15) is 16.9 Å². The Balaban J connectivity index is 1.73. The van der Waals surface area contributed by atoms with Crippen LogP contribution in [-0.2, 0) is 4.79 Å². The number of hydrogen-bond acceptors (Lipinski definition) is 5. The van der Waals surface area contributed by atoms with Crippen LogP contribution in [0, 0.1) is 24.1 Å². The summed E-state index contributed by atoms with van der Waals surface area (Å²) in [5, 5.41) is 0.646. The normalized spacial score (nSPS) is 26.0. The van der Waals surface area contributed by atoms with Crippen molar-refractivity contribution in [3.05, 3.63) is 42.7 Å². The van der Waals surface area contributed by atoms with Crippen LogP contribution < -0.4 is 10.6 Å².